The van der Waals surface area contributed by atoms with Gasteiger partial charge in [0.1, 0.15) is 5.69 Å². The first kappa shape index (κ1) is 17.1. The van der Waals surface area contributed by atoms with Crippen molar-refractivity contribution in [2.24, 2.45) is 5.10 Å². The molecule has 8 nitrogen and oxygen atoms in total. The molecule has 0 radical (unpaired) electrons. The molecule has 124 valence electrons. The van der Waals surface area contributed by atoms with E-state index in [1.54, 1.807) is 30.4 Å². The third-order valence-corrected chi connectivity index (χ3v) is 3.70. The van der Waals surface area contributed by atoms with Gasteiger partial charge in [-0.2, -0.15) is 5.10 Å². The number of carbonyl (C=O) groups is 1. The first-order valence-corrected chi connectivity index (χ1v) is 7.80. The lowest BCUT2D eigenvalue weighted by atomic mass is 10.3. The summed E-state index contributed by atoms with van der Waals surface area (Å²) < 4.78 is 4.99. The van der Waals surface area contributed by atoms with Crippen LogP contribution in [0, 0.1) is 0 Å². The van der Waals surface area contributed by atoms with Gasteiger partial charge in [-0.1, -0.05) is 0 Å². The largest absolute Gasteiger partial charge is 0.450 e. The Morgan fingerprint density at radius 3 is 2.65 bits per heavy atom. The normalized spacial score (nSPS) is 15.3. The minimum Gasteiger partial charge on any atom is -0.450 e. The van der Waals surface area contributed by atoms with E-state index in [0.717, 1.165) is 0 Å². The van der Waals surface area contributed by atoms with Crippen LogP contribution in [-0.4, -0.2) is 69.5 Å². The average molecular weight is 336 g/mol. The molecule has 0 spiro atoms. The quantitative estimate of drug-likeness (QED) is 0.498. The van der Waals surface area contributed by atoms with E-state index in [9.17, 15) is 4.79 Å². The van der Waals surface area contributed by atoms with Crippen molar-refractivity contribution < 1.29 is 9.53 Å². The lowest BCUT2D eigenvalue weighted by Crippen LogP contribution is -2.52. The molecule has 1 aliphatic heterocycles. The molecule has 0 saturated carbocycles. The van der Waals surface area contributed by atoms with E-state index in [1.807, 2.05) is 11.8 Å². The molecule has 0 atom stereocenters. The molecule has 0 unspecified atom stereocenters. The number of rotatable bonds is 3. The standard InChI is InChI=1S/C14H20N6O2S/c1-3-22-14(21)20-8-6-19(7-9-20)13(23)18-17-11(2)12-10-15-4-5-16-12/h4-5,10H,3,6-9H2,1-2H3,(H,18,23)/b17-11+. The molecule has 1 amide bonds. The second kappa shape index (κ2) is 8.37. The van der Waals surface area contributed by atoms with Gasteiger partial charge in [0, 0.05) is 38.6 Å². The van der Waals surface area contributed by atoms with Crippen molar-refractivity contribution in [1.82, 2.24) is 25.2 Å². The van der Waals surface area contributed by atoms with Crippen LogP contribution in [-0.2, 0) is 4.74 Å². The zero-order valence-corrected chi connectivity index (χ0v) is 14.0. The molecular weight excluding hydrogens is 316 g/mol. The molecule has 2 heterocycles. The minimum atomic E-state index is -0.275. The molecule has 1 aromatic heterocycles. The number of amides is 1. The van der Waals surface area contributed by atoms with E-state index >= 15 is 0 Å². The molecule has 0 aliphatic carbocycles. The van der Waals surface area contributed by atoms with Crippen LogP contribution >= 0.6 is 12.2 Å². The summed E-state index contributed by atoms with van der Waals surface area (Å²) in [7, 11) is 0. The second-order valence-corrected chi connectivity index (χ2v) is 5.26. The van der Waals surface area contributed by atoms with Crippen LogP contribution in [0.25, 0.3) is 0 Å². The summed E-state index contributed by atoms with van der Waals surface area (Å²) in [5, 5.41) is 4.75. The maximum absolute atomic E-state index is 11.6. The topological polar surface area (TPSA) is 83.0 Å². The molecule has 1 N–H and O–H groups in total. The first-order chi connectivity index (χ1) is 11.1. The SMILES string of the molecule is CCOC(=O)N1CCN(C(=S)N/N=C(\C)c2cnccn2)CC1. The molecule has 9 heteroatoms. The Morgan fingerprint density at radius 1 is 1.35 bits per heavy atom. The fourth-order valence-corrected chi connectivity index (χ4v) is 2.28. The van der Waals surface area contributed by atoms with Gasteiger partial charge in [-0.05, 0) is 26.1 Å². The number of hydrogen-bond acceptors (Lipinski definition) is 6. The molecular formula is C14H20N6O2S. The third kappa shape index (κ3) is 4.85. The Balaban J connectivity index is 1.82. The maximum Gasteiger partial charge on any atom is 0.409 e. The fraction of sp³-hybridized carbons (Fsp3) is 0.500. The number of hydrazone groups is 1. The van der Waals surface area contributed by atoms with Gasteiger partial charge in [0.05, 0.1) is 18.5 Å². The summed E-state index contributed by atoms with van der Waals surface area (Å²) in [5.74, 6) is 0. The van der Waals surface area contributed by atoms with Crippen LogP contribution in [0.4, 0.5) is 4.79 Å². The molecule has 1 aromatic rings. The van der Waals surface area contributed by atoms with Crippen LogP contribution in [0.3, 0.4) is 0 Å². The number of carbonyl (C=O) groups excluding carboxylic acids is 1. The monoisotopic (exact) mass is 336 g/mol. The highest BCUT2D eigenvalue weighted by atomic mass is 32.1. The van der Waals surface area contributed by atoms with E-state index < -0.39 is 0 Å². The van der Waals surface area contributed by atoms with Crippen molar-refractivity contribution in [1.29, 1.82) is 0 Å². The van der Waals surface area contributed by atoms with Crippen LogP contribution in [0.1, 0.15) is 19.5 Å². The molecule has 0 aromatic carbocycles. The molecule has 1 fully saturated rings. The summed E-state index contributed by atoms with van der Waals surface area (Å²) in [4.78, 5) is 23.5. The van der Waals surface area contributed by atoms with E-state index in [1.165, 1.54) is 0 Å². The van der Waals surface area contributed by atoms with Crippen molar-refractivity contribution in [3.8, 4) is 0 Å². The van der Waals surface area contributed by atoms with Crippen molar-refractivity contribution in [3.63, 3.8) is 0 Å². The lowest BCUT2D eigenvalue weighted by Gasteiger charge is -2.34. The van der Waals surface area contributed by atoms with Gasteiger partial charge >= 0.3 is 6.09 Å². The number of thiocarbonyl (C=S) groups is 1. The highest BCUT2D eigenvalue weighted by Gasteiger charge is 2.23. The lowest BCUT2D eigenvalue weighted by molar-refractivity contribution is 0.0919. The number of nitrogens with one attached hydrogen (secondary N) is 1. The number of nitrogens with zero attached hydrogens (tertiary/aromatic N) is 5. The van der Waals surface area contributed by atoms with Crippen LogP contribution in [0.5, 0.6) is 0 Å². The van der Waals surface area contributed by atoms with Crippen molar-refractivity contribution in [2.75, 3.05) is 32.8 Å². The zero-order chi connectivity index (χ0) is 16.7. The van der Waals surface area contributed by atoms with Gasteiger partial charge in [0.25, 0.3) is 0 Å². The summed E-state index contributed by atoms with van der Waals surface area (Å²) in [6.45, 7) is 6.45. The van der Waals surface area contributed by atoms with E-state index in [0.29, 0.717) is 49.3 Å². The highest BCUT2D eigenvalue weighted by Crippen LogP contribution is 2.04. The fourth-order valence-electron chi connectivity index (χ4n) is 2.05. The second-order valence-electron chi connectivity index (χ2n) is 4.88. The summed E-state index contributed by atoms with van der Waals surface area (Å²) >= 11 is 5.33. The highest BCUT2D eigenvalue weighted by molar-refractivity contribution is 7.80. The number of aromatic nitrogens is 2. The molecule has 2 rings (SSSR count). The zero-order valence-electron chi connectivity index (χ0n) is 13.2. The van der Waals surface area contributed by atoms with E-state index in [2.05, 4.69) is 20.5 Å². The Labute approximate surface area is 140 Å². The van der Waals surface area contributed by atoms with Crippen molar-refractivity contribution in [2.45, 2.75) is 13.8 Å². The van der Waals surface area contributed by atoms with Gasteiger partial charge in [0.15, 0.2) is 5.11 Å². The summed E-state index contributed by atoms with van der Waals surface area (Å²) in [5.41, 5.74) is 4.25. The van der Waals surface area contributed by atoms with Crippen molar-refractivity contribution in [3.05, 3.63) is 24.3 Å². The van der Waals surface area contributed by atoms with Crippen molar-refractivity contribution >= 4 is 29.1 Å². The van der Waals surface area contributed by atoms with Crippen LogP contribution in [0.15, 0.2) is 23.7 Å². The van der Waals surface area contributed by atoms with Crippen LogP contribution < -0.4 is 5.43 Å². The predicted octanol–water partition coefficient (Wildman–Crippen LogP) is 0.849. The Bertz CT molecular complexity index is 572. The van der Waals surface area contributed by atoms with Gasteiger partial charge in [-0.25, -0.2) is 4.79 Å². The molecule has 1 aliphatic rings. The first-order valence-electron chi connectivity index (χ1n) is 7.39. The number of hydrogen-bond donors (Lipinski definition) is 1. The Morgan fingerprint density at radius 2 is 2.04 bits per heavy atom. The number of piperazine rings is 1. The smallest absolute Gasteiger partial charge is 0.409 e. The van der Waals surface area contributed by atoms with Gasteiger partial charge in [-0.15, -0.1) is 0 Å². The summed E-state index contributed by atoms with van der Waals surface area (Å²) in [6, 6.07) is 0. The average Bonchev–Trinajstić information content (AvgIpc) is 2.60. The van der Waals surface area contributed by atoms with Gasteiger partial charge in [-0.3, -0.25) is 15.4 Å². The van der Waals surface area contributed by atoms with Gasteiger partial charge in [0.2, 0.25) is 0 Å². The van der Waals surface area contributed by atoms with Gasteiger partial charge < -0.3 is 14.5 Å². The van der Waals surface area contributed by atoms with E-state index in [4.69, 9.17) is 17.0 Å². The molecule has 1 saturated heterocycles. The molecule has 23 heavy (non-hydrogen) atoms. The summed E-state index contributed by atoms with van der Waals surface area (Å²) in [6.07, 6.45) is 4.59. The molecule has 0 bridgehead atoms. The van der Waals surface area contributed by atoms with Crippen LogP contribution in [0.2, 0.25) is 0 Å². The predicted molar refractivity (Wildman–Crippen MR) is 90.1 cm³/mol. The van der Waals surface area contributed by atoms with E-state index in [-0.39, 0.29) is 6.09 Å². The Kier molecular flexibility index (Phi) is 6.21. The Hall–Kier alpha value is -2.29. The number of ether oxygens (including phenoxy) is 1. The third-order valence-electron chi connectivity index (χ3n) is 3.35. The minimum absolute atomic E-state index is 0.275. The maximum atomic E-state index is 11.6.